The molecule has 102 valence electrons. The van der Waals surface area contributed by atoms with Gasteiger partial charge in [-0.1, -0.05) is 50.6 Å². The zero-order chi connectivity index (χ0) is 13.8. The molecular weight excluding hydrogens is 232 g/mol. The van der Waals surface area contributed by atoms with Crippen molar-refractivity contribution >= 4 is 0 Å². The third kappa shape index (κ3) is 2.73. The smallest absolute Gasteiger partial charge is 0.0703 e. The van der Waals surface area contributed by atoms with E-state index in [2.05, 4.69) is 62.7 Å². The fraction of sp³-hybridized carbons (Fsp3) is 0.471. The van der Waals surface area contributed by atoms with E-state index in [9.17, 15) is 0 Å². The van der Waals surface area contributed by atoms with E-state index in [4.69, 9.17) is 5.10 Å². The van der Waals surface area contributed by atoms with Gasteiger partial charge in [0.25, 0.3) is 0 Å². The Kier molecular flexibility index (Phi) is 4.41. The van der Waals surface area contributed by atoms with Crippen molar-refractivity contribution in [2.24, 2.45) is 0 Å². The Morgan fingerprint density at radius 2 is 1.79 bits per heavy atom. The lowest BCUT2D eigenvalue weighted by molar-refractivity contribution is 0.503. The molecule has 2 heteroatoms. The molecule has 0 saturated heterocycles. The molecule has 0 bridgehead atoms. The van der Waals surface area contributed by atoms with Crippen LogP contribution in [0.2, 0.25) is 0 Å². The van der Waals surface area contributed by atoms with Crippen molar-refractivity contribution in [2.45, 2.75) is 53.0 Å². The summed E-state index contributed by atoms with van der Waals surface area (Å²) in [5, 5.41) is 4.84. The Hall–Kier alpha value is -1.57. The largest absolute Gasteiger partial charge is 0.266 e. The highest BCUT2D eigenvalue weighted by Gasteiger charge is 2.18. The number of aryl methyl sites for hydroxylation is 1. The zero-order valence-corrected chi connectivity index (χ0v) is 12.5. The first-order valence-electron chi connectivity index (χ1n) is 7.34. The molecule has 0 spiro atoms. The molecule has 0 saturated carbocycles. The van der Waals surface area contributed by atoms with Gasteiger partial charge in [0.15, 0.2) is 0 Å². The quantitative estimate of drug-likeness (QED) is 0.761. The van der Waals surface area contributed by atoms with Gasteiger partial charge < -0.3 is 0 Å². The number of aromatic nitrogens is 2. The number of hydrogen-bond acceptors (Lipinski definition) is 1. The topological polar surface area (TPSA) is 17.8 Å². The average molecular weight is 256 g/mol. The van der Waals surface area contributed by atoms with Crippen molar-refractivity contribution in [3.63, 3.8) is 0 Å². The summed E-state index contributed by atoms with van der Waals surface area (Å²) in [5.74, 6) is 0. The van der Waals surface area contributed by atoms with Crippen LogP contribution in [0.4, 0.5) is 0 Å². The molecular formula is C17H24N2. The summed E-state index contributed by atoms with van der Waals surface area (Å²) in [7, 11) is 0. The van der Waals surface area contributed by atoms with E-state index >= 15 is 0 Å². The highest BCUT2D eigenvalue weighted by Crippen LogP contribution is 2.30. The molecule has 0 radical (unpaired) electrons. The fourth-order valence-electron chi connectivity index (χ4n) is 2.61. The highest BCUT2D eigenvalue weighted by molar-refractivity contribution is 5.69. The predicted molar refractivity (Wildman–Crippen MR) is 81.4 cm³/mol. The van der Waals surface area contributed by atoms with Crippen molar-refractivity contribution in [1.82, 2.24) is 9.78 Å². The van der Waals surface area contributed by atoms with Gasteiger partial charge in [-0.3, -0.25) is 4.68 Å². The normalized spacial score (nSPS) is 11.2. The second-order valence-corrected chi connectivity index (χ2v) is 5.28. The molecule has 0 aliphatic heterocycles. The van der Waals surface area contributed by atoms with Crippen LogP contribution in [0.25, 0.3) is 11.1 Å². The van der Waals surface area contributed by atoms with Gasteiger partial charge >= 0.3 is 0 Å². The number of benzene rings is 1. The lowest BCUT2D eigenvalue weighted by Gasteiger charge is -2.12. The summed E-state index contributed by atoms with van der Waals surface area (Å²) < 4.78 is 2.21. The van der Waals surface area contributed by atoms with E-state index in [0.29, 0.717) is 6.04 Å². The molecule has 2 rings (SSSR count). The minimum atomic E-state index is 0.421. The third-order valence-electron chi connectivity index (χ3n) is 3.46. The highest BCUT2D eigenvalue weighted by atomic mass is 15.3. The fourth-order valence-corrected chi connectivity index (χ4v) is 2.61. The minimum absolute atomic E-state index is 0.421. The number of hydrogen-bond donors (Lipinski definition) is 0. The van der Waals surface area contributed by atoms with E-state index in [1.165, 1.54) is 22.5 Å². The van der Waals surface area contributed by atoms with E-state index in [-0.39, 0.29) is 0 Å². The summed E-state index contributed by atoms with van der Waals surface area (Å²) in [5.41, 5.74) is 5.28. The molecule has 0 N–H and O–H groups in total. The Morgan fingerprint density at radius 3 is 2.32 bits per heavy atom. The first-order chi connectivity index (χ1) is 9.19. The van der Waals surface area contributed by atoms with Crippen molar-refractivity contribution in [3.05, 3.63) is 41.7 Å². The van der Waals surface area contributed by atoms with Gasteiger partial charge in [-0.2, -0.15) is 5.10 Å². The summed E-state index contributed by atoms with van der Waals surface area (Å²) in [6.45, 7) is 8.84. The molecule has 1 aromatic carbocycles. The van der Waals surface area contributed by atoms with Gasteiger partial charge in [0.1, 0.15) is 0 Å². The second-order valence-electron chi connectivity index (χ2n) is 5.28. The molecule has 0 aliphatic carbocycles. The van der Waals surface area contributed by atoms with Crippen LogP contribution in [0.5, 0.6) is 0 Å². The summed E-state index contributed by atoms with van der Waals surface area (Å²) in [4.78, 5) is 0. The monoisotopic (exact) mass is 256 g/mol. The molecule has 0 unspecified atom stereocenters. The lowest BCUT2D eigenvalue weighted by atomic mass is 9.99. The molecule has 2 aromatic rings. The molecule has 1 heterocycles. The van der Waals surface area contributed by atoms with Gasteiger partial charge in [-0.15, -0.1) is 0 Å². The zero-order valence-electron chi connectivity index (χ0n) is 12.5. The minimum Gasteiger partial charge on any atom is -0.266 e. The van der Waals surface area contributed by atoms with Gasteiger partial charge in [-0.25, -0.2) is 0 Å². The molecule has 19 heavy (non-hydrogen) atoms. The van der Waals surface area contributed by atoms with Crippen molar-refractivity contribution < 1.29 is 0 Å². The standard InChI is InChI=1S/C17H24N2/c1-5-10-16-17(14-11-8-7-9-12-14)15(6-2)18-19(16)13(3)4/h7-9,11-13H,5-6,10H2,1-4H3. The van der Waals surface area contributed by atoms with Crippen LogP contribution in [0.1, 0.15) is 51.5 Å². The number of nitrogens with zero attached hydrogens (tertiary/aromatic N) is 2. The van der Waals surface area contributed by atoms with Crippen LogP contribution < -0.4 is 0 Å². The van der Waals surface area contributed by atoms with Gasteiger partial charge in [0.05, 0.1) is 5.69 Å². The van der Waals surface area contributed by atoms with E-state index < -0.39 is 0 Å². The van der Waals surface area contributed by atoms with Crippen molar-refractivity contribution in [2.75, 3.05) is 0 Å². The third-order valence-corrected chi connectivity index (χ3v) is 3.46. The van der Waals surface area contributed by atoms with Crippen LogP contribution in [-0.2, 0) is 12.8 Å². The van der Waals surface area contributed by atoms with Crippen LogP contribution in [0, 0.1) is 0 Å². The summed E-state index contributed by atoms with van der Waals surface area (Å²) in [6, 6.07) is 11.1. The SMILES string of the molecule is CCCc1c(-c2ccccc2)c(CC)nn1C(C)C. The maximum atomic E-state index is 4.84. The first kappa shape index (κ1) is 13.9. The van der Waals surface area contributed by atoms with Crippen LogP contribution in [0.15, 0.2) is 30.3 Å². The van der Waals surface area contributed by atoms with Gasteiger partial charge in [-0.05, 0) is 32.3 Å². The Balaban J connectivity index is 2.62. The molecule has 0 atom stereocenters. The van der Waals surface area contributed by atoms with E-state index in [1.807, 2.05) is 0 Å². The maximum absolute atomic E-state index is 4.84. The molecule has 2 nitrogen and oxygen atoms in total. The summed E-state index contributed by atoms with van der Waals surface area (Å²) >= 11 is 0. The second kappa shape index (κ2) is 6.05. The van der Waals surface area contributed by atoms with Gasteiger partial charge in [0, 0.05) is 17.3 Å². The lowest BCUT2D eigenvalue weighted by Crippen LogP contribution is -2.08. The van der Waals surface area contributed by atoms with E-state index in [0.717, 1.165) is 19.3 Å². The molecule has 0 fully saturated rings. The Morgan fingerprint density at radius 1 is 1.11 bits per heavy atom. The van der Waals surface area contributed by atoms with Crippen LogP contribution >= 0.6 is 0 Å². The predicted octanol–water partition coefficient (Wildman–Crippen LogP) is 4.65. The van der Waals surface area contributed by atoms with Crippen molar-refractivity contribution in [3.8, 4) is 11.1 Å². The average Bonchev–Trinajstić information content (AvgIpc) is 2.79. The molecule has 0 aliphatic rings. The molecule has 0 amide bonds. The Bertz CT molecular complexity index is 524. The van der Waals surface area contributed by atoms with Crippen LogP contribution in [0.3, 0.4) is 0 Å². The summed E-state index contributed by atoms with van der Waals surface area (Å²) in [6.07, 6.45) is 3.23. The first-order valence-corrected chi connectivity index (χ1v) is 7.34. The van der Waals surface area contributed by atoms with E-state index in [1.54, 1.807) is 0 Å². The number of rotatable bonds is 5. The Labute approximate surface area is 116 Å². The van der Waals surface area contributed by atoms with Crippen LogP contribution in [-0.4, -0.2) is 9.78 Å². The maximum Gasteiger partial charge on any atom is 0.0703 e. The molecule has 1 aromatic heterocycles. The van der Waals surface area contributed by atoms with Crippen molar-refractivity contribution in [1.29, 1.82) is 0 Å². The van der Waals surface area contributed by atoms with Gasteiger partial charge in [0.2, 0.25) is 0 Å².